The number of rotatable bonds is 9. The van der Waals surface area contributed by atoms with Gasteiger partial charge < -0.3 is 14.4 Å². The molecule has 0 fully saturated rings. The highest BCUT2D eigenvalue weighted by Crippen LogP contribution is 2.14. The molecule has 2 aromatic heterocycles. The lowest BCUT2D eigenvalue weighted by atomic mass is 10.2. The zero-order valence-electron chi connectivity index (χ0n) is 16.9. The topological polar surface area (TPSA) is 90.0 Å². The van der Waals surface area contributed by atoms with Gasteiger partial charge in [-0.25, -0.2) is 0 Å². The quantitative estimate of drug-likeness (QED) is 0.602. The molecule has 7 nitrogen and oxygen atoms in total. The maximum Gasteiger partial charge on any atom is 0.261 e. The van der Waals surface area contributed by atoms with Gasteiger partial charge in [-0.2, -0.15) is 4.98 Å². The largest absolute Gasteiger partial charge is 0.352 e. The third kappa shape index (κ3) is 5.40. The van der Waals surface area contributed by atoms with Crippen LogP contribution in [0.25, 0.3) is 11.4 Å². The van der Waals surface area contributed by atoms with Crippen molar-refractivity contribution in [2.24, 2.45) is 0 Å². The highest BCUT2D eigenvalue weighted by Gasteiger charge is 2.14. The lowest BCUT2D eigenvalue weighted by Crippen LogP contribution is -2.23. The van der Waals surface area contributed by atoms with Crippen molar-refractivity contribution >= 4 is 5.91 Å². The molecule has 0 aliphatic carbocycles. The molecule has 1 N–H and O–H groups in total. The fourth-order valence-corrected chi connectivity index (χ4v) is 3.09. The van der Waals surface area contributed by atoms with Crippen LogP contribution in [0, 0.1) is 6.92 Å². The first kappa shape index (κ1) is 20.5. The minimum atomic E-state index is -0.112. The molecule has 3 aromatic rings. The number of pyridine rings is 1. The van der Waals surface area contributed by atoms with Crippen molar-refractivity contribution in [3.8, 4) is 11.4 Å². The monoisotopic (exact) mass is 394 g/mol. The number of carbonyl (C=O) groups excluding carboxylic acids is 1. The Morgan fingerprint density at radius 2 is 1.97 bits per heavy atom. The predicted molar refractivity (Wildman–Crippen MR) is 110 cm³/mol. The molecule has 7 heteroatoms. The Bertz CT molecular complexity index is 1010. The van der Waals surface area contributed by atoms with Crippen LogP contribution in [0.2, 0.25) is 0 Å². The van der Waals surface area contributed by atoms with Crippen LogP contribution < -0.4 is 10.9 Å². The van der Waals surface area contributed by atoms with Gasteiger partial charge in [-0.1, -0.05) is 42.4 Å². The molecule has 0 unspecified atom stereocenters. The third-order valence-electron chi connectivity index (χ3n) is 4.68. The van der Waals surface area contributed by atoms with Crippen LogP contribution in [0.3, 0.4) is 0 Å². The third-order valence-corrected chi connectivity index (χ3v) is 4.68. The second kappa shape index (κ2) is 9.82. The normalized spacial score (nSPS) is 10.8. The van der Waals surface area contributed by atoms with E-state index in [1.54, 1.807) is 10.6 Å². The fourth-order valence-electron chi connectivity index (χ4n) is 3.09. The van der Waals surface area contributed by atoms with Crippen LogP contribution in [0.1, 0.15) is 43.3 Å². The maximum absolute atomic E-state index is 12.7. The Morgan fingerprint density at radius 1 is 1.17 bits per heavy atom. The zero-order valence-corrected chi connectivity index (χ0v) is 16.9. The summed E-state index contributed by atoms with van der Waals surface area (Å²) in [5.74, 6) is 0.704. The molecule has 0 saturated carbocycles. The summed E-state index contributed by atoms with van der Waals surface area (Å²) in [7, 11) is 0. The van der Waals surface area contributed by atoms with Crippen molar-refractivity contribution in [2.75, 3.05) is 0 Å². The number of nitrogens with zero attached hydrogens (tertiary/aromatic N) is 3. The van der Waals surface area contributed by atoms with Gasteiger partial charge in [-0.3, -0.25) is 9.59 Å². The van der Waals surface area contributed by atoms with Gasteiger partial charge in [0.25, 0.3) is 5.56 Å². The molecule has 0 aliphatic heterocycles. The smallest absolute Gasteiger partial charge is 0.261 e. The van der Waals surface area contributed by atoms with Crippen LogP contribution in [-0.4, -0.2) is 20.6 Å². The van der Waals surface area contributed by atoms with Gasteiger partial charge in [0.1, 0.15) is 0 Å². The molecule has 3 rings (SSSR count). The van der Waals surface area contributed by atoms with Crippen molar-refractivity contribution in [1.29, 1.82) is 0 Å². The lowest BCUT2D eigenvalue weighted by Gasteiger charge is -2.09. The first-order chi connectivity index (χ1) is 14.1. The summed E-state index contributed by atoms with van der Waals surface area (Å²) in [5, 5.41) is 6.85. The van der Waals surface area contributed by atoms with Gasteiger partial charge in [0.05, 0.1) is 5.56 Å². The van der Waals surface area contributed by atoms with E-state index in [0.717, 1.165) is 17.7 Å². The Morgan fingerprint density at radius 3 is 2.72 bits per heavy atom. The predicted octanol–water partition coefficient (Wildman–Crippen LogP) is 3.26. The fraction of sp³-hybridized carbons (Fsp3) is 0.364. The second-order valence-electron chi connectivity index (χ2n) is 6.97. The number of aromatic nitrogens is 3. The van der Waals surface area contributed by atoms with Crippen molar-refractivity contribution < 1.29 is 9.32 Å². The lowest BCUT2D eigenvalue weighted by molar-refractivity contribution is -0.121. The average molecular weight is 394 g/mol. The van der Waals surface area contributed by atoms with E-state index < -0.39 is 0 Å². The SMILES string of the molecule is CCCn1c(C)ccc(-c2noc(CCCC(=O)NCc3ccccc3)n2)c1=O. The van der Waals surface area contributed by atoms with E-state index in [4.69, 9.17) is 4.52 Å². The summed E-state index contributed by atoms with van der Waals surface area (Å²) in [6.45, 7) is 5.11. The molecule has 1 aromatic carbocycles. The molecule has 0 radical (unpaired) electrons. The van der Waals surface area contributed by atoms with Gasteiger partial charge >= 0.3 is 0 Å². The summed E-state index contributed by atoms with van der Waals surface area (Å²) in [5.41, 5.74) is 2.29. The molecule has 29 heavy (non-hydrogen) atoms. The average Bonchev–Trinajstić information content (AvgIpc) is 3.19. The van der Waals surface area contributed by atoms with E-state index in [-0.39, 0.29) is 11.5 Å². The van der Waals surface area contributed by atoms with Gasteiger partial charge in [0.15, 0.2) is 0 Å². The maximum atomic E-state index is 12.7. The number of hydrogen-bond acceptors (Lipinski definition) is 5. The van der Waals surface area contributed by atoms with Gasteiger partial charge in [0.2, 0.25) is 17.6 Å². The number of benzene rings is 1. The summed E-state index contributed by atoms with van der Waals surface area (Å²) in [6, 6.07) is 13.4. The van der Waals surface area contributed by atoms with Gasteiger partial charge in [0, 0.05) is 31.6 Å². The molecule has 0 aliphatic rings. The minimum Gasteiger partial charge on any atom is -0.352 e. The summed E-state index contributed by atoms with van der Waals surface area (Å²) < 4.78 is 7.00. The zero-order chi connectivity index (χ0) is 20.6. The van der Waals surface area contributed by atoms with Crippen LogP contribution in [0.5, 0.6) is 0 Å². The number of carbonyl (C=O) groups is 1. The number of amides is 1. The second-order valence-corrected chi connectivity index (χ2v) is 6.97. The summed E-state index contributed by atoms with van der Waals surface area (Å²) in [6.07, 6.45) is 2.32. The summed E-state index contributed by atoms with van der Waals surface area (Å²) >= 11 is 0. The Kier molecular flexibility index (Phi) is 6.94. The van der Waals surface area contributed by atoms with Gasteiger partial charge in [-0.05, 0) is 37.5 Å². The Labute approximate surface area is 169 Å². The molecular formula is C22H26N4O3. The van der Waals surface area contributed by atoms with Crippen LogP contribution >= 0.6 is 0 Å². The van der Waals surface area contributed by atoms with Crippen LogP contribution in [-0.2, 0) is 24.3 Å². The van der Waals surface area contributed by atoms with E-state index >= 15 is 0 Å². The molecule has 152 valence electrons. The van der Waals surface area contributed by atoms with E-state index in [9.17, 15) is 9.59 Å². The number of nitrogens with one attached hydrogen (secondary N) is 1. The van der Waals surface area contributed by atoms with E-state index in [2.05, 4.69) is 15.5 Å². The van der Waals surface area contributed by atoms with Crippen molar-refractivity contribution in [3.63, 3.8) is 0 Å². The first-order valence-corrected chi connectivity index (χ1v) is 9.92. The molecule has 0 bridgehead atoms. The minimum absolute atomic E-state index is 0.0189. The van der Waals surface area contributed by atoms with Crippen LogP contribution in [0.4, 0.5) is 0 Å². The molecule has 1 amide bonds. The van der Waals surface area contributed by atoms with Crippen LogP contribution in [0.15, 0.2) is 51.8 Å². The molecule has 0 saturated heterocycles. The Hall–Kier alpha value is -3.22. The molecule has 0 atom stereocenters. The van der Waals surface area contributed by atoms with Crippen molar-refractivity contribution in [2.45, 2.75) is 52.6 Å². The highest BCUT2D eigenvalue weighted by molar-refractivity contribution is 5.75. The number of hydrogen-bond donors (Lipinski definition) is 1. The van der Waals surface area contributed by atoms with E-state index in [1.165, 1.54) is 0 Å². The highest BCUT2D eigenvalue weighted by atomic mass is 16.5. The Balaban J connectivity index is 1.54. The molecule has 0 spiro atoms. The molecule has 2 heterocycles. The number of aryl methyl sites for hydroxylation is 2. The first-order valence-electron chi connectivity index (χ1n) is 9.92. The van der Waals surface area contributed by atoms with Crippen molar-refractivity contribution in [1.82, 2.24) is 20.0 Å². The van der Waals surface area contributed by atoms with E-state index in [1.807, 2.05) is 50.2 Å². The molecular weight excluding hydrogens is 368 g/mol. The summed E-state index contributed by atoms with van der Waals surface area (Å²) in [4.78, 5) is 29.0. The standard InChI is InChI=1S/C22H26N4O3/c1-3-14-26-16(2)12-13-18(22(26)28)21-24-20(29-25-21)11-7-10-19(27)23-15-17-8-5-4-6-9-17/h4-6,8-9,12-13H,3,7,10-11,14-15H2,1-2H3,(H,23,27). The van der Waals surface area contributed by atoms with Gasteiger partial charge in [-0.15, -0.1) is 0 Å². The van der Waals surface area contributed by atoms with Crippen molar-refractivity contribution in [3.05, 3.63) is 70.0 Å². The van der Waals surface area contributed by atoms with E-state index in [0.29, 0.717) is 49.6 Å².